The minimum absolute atomic E-state index is 0.136. The zero-order valence-corrected chi connectivity index (χ0v) is 13.9. The van der Waals surface area contributed by atoms with Gasteiger partial charge in [-0.05, 0) is 42.2 Å². The van der Waals surface area contributed by atoms with Gasteiger partial charge in [-0.3, -0.25) is 0 Å². The van der Waals surface area contributed by atoms with Crippen molar-refractivity contribution in [3.05, 3.63) is 64.1 Å². The number of halogens is 1. The first kappa shape index (κ1) is 14.6. The summed E-state index contributed by atoms with van der Waals surface area (Å²) in [5.74, 6) is 0. The molecule has 0 fully saturated rings. The van der Waals surface area contributed by atoms with Crippen LogP contribution in [0.25, 0.3) is 0 Å². The summed E-state index contributed by atoms with van der Waals surface area (Å²) in [6, 6.07) is 17.6. The third-order valence-corrected chi connectivity index (χ3v) is 4.88. The Morgan fingerprint density at radius 3 is 2.57 bits per heavy atom. The predicted octanol–water partition coefficient (Wildman–Crippen LogP) is 4.29. The number of nitrogens with two attached hydrogens (primary N) is 1. The molecule has 2 aromatic carbocycles. The van der Waals surface area contributed by atoms with Crippen molar-refractivity contribution in [2.75, 3.05) is 11.4 Å². The van der Waals surface area contributed by atoms with Gasteiger partial charge in [0.25, 0.3) is 0 Å². The van der Waals surface area contributed by atoms with E-state index in [1.54, 1.807) is 0 Å². The molecule has 1 aliphatic heterocycles. The molecule has 0 radical (unpaired) electrons. The Kier molecular flexibility index (Phi) is 4.32. The topological polar surface area (TPSA) is 29.3 Å². The fraction of sp³-hybridized carbons (Fsp3) is 0.333. The summed E-state index contributed by atoms with van der Waals surface area (Å²) < 4.78 is 1.11. The van der Waals surface area contributed by atoms with E-state index in [4.69, 9.17) is 5.73 Å². The number of anilines is 1. The number of fused-ring (bicyclic) bond motifs is 1. The second-order valence-electron chi connectivity index (χ2n) is 5.64. The van der Waals surface area contributed by atoms with Gasteiger partial charge >= 0.3 is 0 Å². The first-order valence-electron chi connectivity index (χ1n) is 7.56. The van der Waals surface area contributed by atoms with Gasteiger partial charge in [0.05, 0.1) is 6.04 Å². The van der Waals surface area contributed by atoms with Gasteiger partial charge in [0.2, 0.25) is 0 Å². The van der Waals surface area contributed by atoms with Crippen molar-refractivity contribution < 1.29 is 0 Å². The number of benzene rings is 2. The Morgan fingerprint density at radius 1 is 1.14 bits per heavy atom. The van der Waals surface area contributed by atoms with Crippen LogP contribution in [-0.2, 0) is 6.42 Å². The number of hydrogen-bond donors (Lipinski definition) is 1. The lowest BCUT2D eigenvalue weighted by molar-refractivity contribution is 0.498. The highest BCUT2D eigenvalue weighted by Gasteiger charge is 2.30. The van der Waals surface area contributed by atoms with Crippen molar-refractivity contribution in [1.82, 2.24) is 0 Å². The summed E-state index contributed by atoms with van der Waals surface area (Å²) in [6.45, 7) is 3.21. The van der Waals surface area contributed by atoms with E-state index in [1.807, 2.05) is 0 Å². The minimum atomic E-state index is 0.136. The molecule has 3 heteroatoms. The van der Waals surface area contributed by atoms with E-state index in [2.05, 4.69) is 76.3 Å². The standard InChI is InChI=1S/C18H21BrN2/c1-2-16(20)18(14-7-9-15(19)10-8-14)21-12-11-13-5-3-4-6-17(13)21/h3-10,16,18H,2,11-12,20H2,1H3. The largest absolute Gasteiger partial charge is 0.362 e. The molecule has 0 amide bonds. The van der Waals surface area contributed by atoms with Gasteiger partial charge in [0.1, 0.15) is 0 Å². The number of nitrogens with zero attached hydrogens (tertiary/aromatic N) is 1. The maximum Gasteiger partial charge on any atom is 0.0693 e. The van der Waals surface area contributed by atoms with Crippen molar-refractivity contribution in [3.63, 3.8) is 0 Å². The van der Waals surface area contributed by atoms with Crippen LogP contribution in [0.4, 0.5) is 5.69 Å². The van der Waals surface area contributed by atoms with E-state index in [-0.39, 0.29) is 12.1 Å². The quantitative estimate of drug-likeness (QED) is 0.896. The van der Waals surface area contributed by atoms with Crippen molar-refractivity contribution in [2.45, 2.75) is 31.8 Å². The summed E-state index contributed by atoms with van der Waals surface area (Å²) in [6.07, 6.45) is 2.08. The van der Waals surface area contributed by atoms with E-state index >= 15 is 0 Å². The van der Waals surface area contributed by atoms with Crippen LogP contribution in [-0.4, -0.2) is 12.6 Å². The Bertz CT molecular complexity index is 609. The highest BCUT2D eigenvalue weighted by atomic mass is 79.9. The summed E-state index contributed by atoms with van der Waals surface area (Å²) in [7, 11) is 0. The van der Waals surface area contributed by atoms with E-state index in [9.17, 15) is 0 Å². The molecule has 1 aliphatic rings. The second kappa shape index (κ2) is 6.20. The third kappa shape index (κ3) is 2.85. The molecule has 2 nitrogen and oxygen atoms in total. The minimum Gasteiger partial charge on any atom is -0.362 e. The summed E-state index contributed by atoms with van der Waals surface area (Å²) in [5.41, 5.74) is 10.5. The van der Waals surface area contributed by atoms with E-state index < -0.39 is 0 Å². The van der Waals surface area contributed by atoms with Crippen LogP contribution in [0.3, 0.4) is 0 Å². The second-order valence-corrected chi connectivity index (χ2v) is 6.56. The maximum absolute atomic E-state index is 6.47. The zero-order chi connectivity index (χ0) is 14.8. The molecule has 21 heavy (non-hydrogen) atoms. The number of rotatable bonds is 4. The van der Waals surface area contributed by atoms with Gasteiger partial charge in [-0.2, -0.15) is 0 Å². The average Bonchev–Trinajstić information content (AvgIpc) is 2.93. The van der Waals surface area contributed by atoms with E-state index in [0.717, 1.165) is 23.9 Å². The smallest absolute Gasteiger partial charge is 0.0693 e. The van der Waals surface area contributed by atoms with Crippen LogP contribution in [0.15, 0.2) is 53.0 Å². The van der Waals surface area contributed by atoms with Crippen molar-refractivity contribution in [2.24, 2.45) is 5.73 Å². The van der Waals surface area contributed by atoms with Gasteiger partial charge in [0, 0.05) is 22.7 Å². The van der Waals surface area contributed by atoms with Gasteiger partial charge in [-0.15, -0.1) is 0 Å². The van der Waals surface area contributed by atoms with Gasteiger partial charge in [0.15, 0.2) is 0 Å². The van der Waals surface area contributed by atoms with Gasteiger partial charge in [-0.1, -0.05) is 53.2 Å². The van der Waals surface area contributed by atoms with Gasteiger partial charge in [-0.25, -0.2) is 0 Å². The molecule has 2 atom stereocenters. The van der Waals surface area contributed by atoms with E-state index in [0.29, 0.717) is 0 Å². The molecule has 0 saturated carbocycles. The third-order valence-electron chi connectivity index (χ3n) is 4.35. The first-order valence-corrected chi connectivity index (χ1v) is 8.35. The normalized spacial score (nSPS) is 16.6. The predicted molar refractivity (Wildman–Crippen MR) is 92.6 cm³/mol. The fourth-order valence-electron chi connectivity index (χ4n) is 3.19. The molecule has 110 valence electrons. The molecule has 0 bridgehead atoms. The molecule has 0 spiro atoms. The SMILES string of the molecule is CCC(N)C(c1ccc(Br)cc1)N1CCc2ccccc21. The molecular formula is C18H21BrN2. The fourth-order valence-corrected chi connectivity index (χ4v) is 3.46. The molecule has 2 unspecified atom stereocenters. The van der Waals surface area contributed by atoms with E-state index in [1.165, 1.54) is 16.8 Å². The number of para-hydroxylation sites is 1. The van der Waals surface area contributed by atoms with Crippen LogP contribution in [0.5, 0.6) is 0 Å². The lowest BCUT2D eigenvalue weighted by Crippen LogP contribution is -2.40. The zero-order valence-electron chi connectivity index (χ0n) is 12.3. The van der Waals surface area contributed by atoms with Gasteiger partial charge < -0.3 is 10.6 Å². The molecule has 0 aliphatic carbocycles. The van der Waals surface area contributed by atoms with Crippen LogP contribution in [0.2, 0.25) is 0 Å². The Balaban J connectivity index is 1.99. The summed E-state index contributed by atoms with van der Waals surface area (Å²) in [5, 5.41) is 0. The highest BCUT2D eigenvalue weighted by molar-refractivity contribution is 9.10. The van der Waals surface area contributed by atoms with Crippen LogP contribution < -0.4 is 10.6 Å². The molecule has 2 N–H and O–H groups in total. The molecule has 0 aromatic heterocycles. The Morgan fingerprint density at radius 2 is 1.86 bits per heavy atom. The number of hydrogen-bond acceptors (Lipinski definition) is 2. The Labute approximate surface area is 135 Å². The molecule has 3 rings (SSSR count). The lowest BCUT2D eigenvalue weighted by Gasteiger charge is -2.35. The Hall–Kier alpha value is -1.32. The van der Waals surface area contributed by atoms with Crippen molar-refractivity contribution >= 4 is 21.6 Å². The highest BCUT2D eigenvalue weighted by Crippen LogP contribution is 2.37. The molecule has 1 heterocycles. The maximum atomic E-state index is 6.47. The molecule has 0 saturated heterocycles. The van der Waals surface area contributed by atoms with Crippen molar-refractivity contribution in [3.8, 4) is 0 Å². The lowest BCUT2D eigenvalue weighted by atomic mass is 9.96. The monoisotopic (exact) mass is 344 g/mol. The average molecular weight is 345 g/mol. The van der Waals surface area contributed by atoms with Crippen LogP contribution >= 0.6 is 15.9 Å². The summed E-state index contributed by atoms with van der Waals surface area (Å²) >= 11 is 3.51. The first-order chi connectivity index (χ1) is 10.2. The molecular weight excluding hydrogens is 324 g/mol. The van der Waals surface area contributed by atoms with Crippen molar-refractivity contribution in [1.29, 1.82) is 0 Å². The summed E-state index contributed by atoms with van der Waals surface area (Å²) in [4.78, 5) is 2.48. The van der Waals surface area contributed by atoms with Crippen LogP contribution in [0, 0.1) is 0 Å². The van der Waals surface area contributed by atoms with Crippen LogP contribution in [0.1, 0.15) is 30.5 Å². The molecule has 2 aromatic rings.